The van der Waals surface area contributed by atoms with Crippen molar-refractivity contribution in [3.8, 4) is 11.5 Å². The monoisotopic (exact) mass is 316 g/mol. The zero-order chi connectivity index (χ0) is 15.5. The van der Waals surface area contributed by atoms with Gasteiger partial charge in [-0.1, -0.05) is 13.8 Å². The Balaban J connectivity index is 1.62. The fraction of sp³-hybridized carbons (Fsp3) is 0.250. The summed E-state index contributed by atoms with van der Waals surface area (Å²) in [6, 6.07) is 7.39. The van der Waals surface area contributed by atoms with Gasteiger partial charge in [-0.15, -0.1) is 11.3 Å². The fourth-order valence-electron chi connectivity index (χ4n) is 2.00. The second-order valence-electron chi connectivity index (χ2n) is 5.20. The third-order valence-electron chi connectivity index (χ3n) is 3.23. The highest BCUT2D eigenvalue weighted by atomic mass is 32.1. The molecule has 1 N–H and O–H groups in total. The van der Waals surface area contributed by atoms with E-state index in [1.165, 1.54) is 4.88 Å². The minimum Gasteiger partial charge on any atom is -0.454 e. The van der Waals surface area contributed by atoms with E-state index in [1.54, 1.807) is 17.6 Å². The lowest BCUT2D eigenvalue weighted by Gasteiger charge is -1.99. The predicted octanol–water partition coefficient (Wildman–Crippen LogP) is 3.36. The lowest BCUT2D eigenvalue weighted by atomic mass is 10.1. The van der Waals surface area contributed by atoms with E-state index in [4.69, 9.17) is 9.47 Å². The molecule has 2 heterocycles. The number of hydrogen-bond donors (Lipinski definition) is 1. The van der Waals surface area contributed by atoms with E-state index in [1.807, 2.05) is 29.6 Å². The van der Waals surface area contributed by atoms with E-state index < -0.39 is 0 Å². The lowest BCUT2D eigenvalue weighted by molar-refractivity contribution is 0.0955. The fourth-order valence-corrected chi connectivity index (χ4v) is 2.90. The minimum atomic E-state index is -0.208. The van der Waals surface area contributed by atoms with Crippen LogP contribution in [0.5, 0.6) is 11.5 Å². The van der Waals surface area contributed by atoms with E-state index in [-0.39, 0.29) is 12.7 Å². The van der Waals surface area contributed by atoms with Crippen LogP contribution in [0.25, 0.3) is 0 Å². The van der Waals surface area contributed by atoms with Crippen molar-refractivity contribution in [2.45, 2.75) is 19.8 Å². The van der Waals surface area contributed by atoms with Crippen LogP contribution < -0.4 is 14.9 Å². The predicted molar refractivity (Wildman–Crippen MR) is 86.0 cm³/mol. The summed E-state index contributed by atoms with van der Waals surface area (Å²) in [6.45, 7) is 4.44. The Hall–Kier alpha value is -2.34. The van der Waals surface area contributed by atoms with Crippen molar-refractivity contribution in [1.82, 2.24) is 5.43 Å². The highest BCUT2D eigenvalue weighted by molar-refractivity contribution is 7.10. The van der Waals surface area contributed by atoms with Gasteiger partial charge in [0.05, 0.1) is 11.8 Å². The maximum absolute atomic E-state index is 12.0. The first-order valence-corrected chi connectivity index (χ1v) is 7.83. The van der Waals surface area contributed by atoms with E-state index in [9.17, 15) is 4.79 Å². The number of carbonyl (C=O) groups excluding carboxylic acids is 1. The molecule has 0 bridgehead atoms. The van der Waals surface area contributed by atoms with Crippen LogP contribution in [0.15, 0.2) is 34.7 Å². The number of nitrogens with one attached hydrogen (secondary N) is 1. The van der Waals surface area contributed by atoms with Gasteiger partial charge in [0.15, 0.2) is 11.5 Å². The van der Waals surface area contributed by atoms with Crippen molar-refractivity contribution in [3.63, 3.8) is 0 Å². The summed E-state index contributed by atoms with van der Waals surface area (Å²) in [5.74, 6) is 1.62. The summed E-state index contributed by atoms with van der Waals surface area (Å²) in [5.41, 5.74) is 4.00. The summed E-state index contributed by atoms with van der Waals surface area (Å²) in [7, 11) is 0. The van der Waals surface area contributed by atoms with Crippen LogP contribution in [0.3, 0.4) is 0 Å². The third-order valence-corrected chi connectivity index (χ3v) is 4.46. The zero-order valence-electron chi connectivity index (χ0n) is 12.3. The van der Waals surface area contributed by atoms with Gasteiger partial charge in [0.1, 0.15) is 0 Å². The van der Waals surface area contributed by atoms with Gasteiger partial charge in [0.2, 0.25) is 6.79 Å². The van der Waals surface area contributed by atoms with Crippen molar-refractivity contribution in [1.29, 1.82) is 0 Å². The second-order valence-corrected chi connectivity index (χ2v) is 6.15. The maximum atomic E-state index is 12.0. The lowest BCUT2D eigenvalue weighted by Crippen LogP contribution is -2.16. The molecule has 114 valence electrons. The molecule has 1 aliphatic heterocycles. The summed E-state index contributed by atoms with van der Waals surface area (Å²) >= 11 is 1.59. The smallest absolute Gasteiger partial charge is 0.272 e. The first kappa shape index (κ1) is 14.6. The summed E-state index contributed by atoms with van der Waals surface area (Å²) in [6.07, 6.45) is 1.58. The molecule has 1 aromatic carbocycles. The molecule has 0 saturated carbocycles. The molecule has 0 atom stereocenters. The molecule has 0 aliphatic carbocycles. The average Bonchev–Trinajstić information content (AvgIpc) is 3.16. The number of ether oxygens (including phenoxy) is 2. The average molecular weight is 316 g/mol. The Kier molecular flexibility index (Phi) is 4.11. The molecule has 5 nitrogen and oxygen atoms in total. The van der Waals surface area contributed by atoms with Crippen LogP contribution in [0.4, 0.5) is 0 Å². The maximum Gasteiger partial charge on any atom is 0.272 e. The van der Waals surface area contributed by atoms with Gasteiger partial charge in [0, 0.05) is 10.3 Å². The van der Waals surface area contributed by atoms with Gasteiger partial charge in [0.25, 0.3) is 5.91 Å². The number of nitrogens with zero attached hydrogens (tertiary/aromatic N) is 1. The molecular weight excluding hydrogens is 300 g/mol. The topological polar surface area (TPSA) is 59.9 Å². The molecule has 1 aromatic heterocycles. The summed E-state index contributed by atoms with van der Waals surface area (Å²) < 4.78 is 10.5. The molecule has 0 radical (unpaired) electrons. The van der Waals surface area contributed by atoms with E-state index in [0.717, 1.165) is 11.3 Å². The molecular formula is C16H16N2O3S. The Labute approximate surface area is 132 Å². The Morgan fingerprint density at radius 2 is 2.14 bits per heavy atom. The Morgan fingerprint density at radius 1 is 1.32 bits per heavy atom. The van der Waals surface area contributed by atoms with Gasteiger partial charge in [-0.3, -0.25) is 4.79 Å². The number of carbonyl (C=O) groups is 1. The molecule has 0 fully saturated rings. The number of benzene rings is 1. The van der Waals surface area contributed by atoms with E-state index in [2.05, 4.69) is 24.4 Å². The number of hydrazone groups is 1. The van der Waals surface area contributed by atoms with Crippen molar-refractivity contribution in [2.75, 3.05) is 6.79 Å². The highest BCUT2D eigenvalue weighted by Crippen LogP contribution is 2.31. The quantitative estimate of drug-likeness (QED) is 0.695. The Morgan fingerprint density at radius 3 is 2.91 bits per heavy atom. The number of rotatable bonds is 4. The molecule has 0 unspecified atom stereocenters. The first-order chi connectivity index (χ1) is 10.6. The molecule has 6 heteroatoms. The SMILES string of the molecule is CC(C)c1cc(C(=O)N/N=C/c2ccc3c(c2)OCO3)cs1. The van der Waals surface area contributed by atoms with Gasteiger partial charge in [-0.05, 0) is 35.7 Å². The number of fused-ring (bicyclic) bond motifs is 1. The van der Waals surface area contributed by atoms with E-state index in [0.29, 0.717) is 17.2 Å². The number of thiophene rings is 1. The highest BCUT2D eigenvalue weighted by Gasteiger charge is 2.13. The van der Waals surface area contributed by atoms with Gasteiger partial charge in [-0.25, -0.2) is 5.43 Å². The molecule has 3 rings (SSSR count). The van der Waals surface area contributed by atoms with Crippen LogP contribution in [0, 0.1) is 0 Å². The van der Waals surface area contributed by atoms with Crippen molar-refractivity contribution in [3.05, 3.63) is 45.6 Å². The summed E-state index contributed by atoms with van der Waals surface area (Å²) in [5, 5.41) is 5.83. The minimum absolute atomic E-state index is 0.208. The standard InChI is InChI=1S/C16H16N2O3S/c1-10(2)15-6-12(8-22-15)16(19)18-17-7-11-3-4-13-14(5-11)21-9-20-13/h3-8,10H,9H2,1-2H3,(H,18,19)/b17-7+. The van der Waals surface area contributed by atoms with Gasteiger partial charge in [-0.2, -0.15) is 5.10 Å². The van der Waals surface area contributed by atoms with E-state index >= 15 is 0 Å². The largest absolute Gasteiger partial charge is 0.454 e. The van der Waals surface area contributed by atoms with Crippen LogP contribution in [-0.2, 0) is 0 Å². The number of amides is 1. The molecule has 1 aliphatic rings. The molecule has 1 amide bonds. The number of hydrogen-bond acceptors (Lipinski definition) is 5. The van der Waals surface area contributed by atoms with Crippen LogP contribution >= 0.6 is 11.3 Å². The van der Waals surface area contributed by atoms with Gasteiger partial charge < -0.3 is 9.47 Å². The molecule has 22 heavy (non-hydrogen) atoms. The van der Waals surface area contributed by atoms with Gasteiger partial charge >= 0.3 is 0 Å². The Bertz CT molecular complexity index is 722. The third kappa shape index (κ3) is 3.12. The van der Waals surface area contributed by atoms with Crippen LogP contribution in [0.1, 0.15) is 40.6 Å². The first-order valence-electron chi connectivity index (χ1n) is 6.95. The normalized spacial score (nSPS) is 13.0. The molecule has 2 aromatic rings. The summed E-state index contributed by atoms with van der Waals surface area (Å²) in [4.78, 5) is 13.2. The molecule has 0 saturated heterocycles. The van der Waals surface area contributed by atoms with Crippen molar-refractivity contribution < 1.29 is 14.3 Å². The van der Waals surface area contributed by atoms with Crippen LogP contribution in [-0.4, -0.2) is 18.9 Å². The molecule has 0 spiro atoms. The zero-order valence-corrected chi connectivity index (χ0v) is 13.1. The van der Waals surface area contributed by atoms with Crippen LogP contribution in [0.2, 0.25) is 0 Å². The van der Waals surface area contributed by atoms with Crippen molar-refractivity contribution >= 4 is 23.5 Å². The van der Waals surface area contributed by atoms with Crippen molar-refractivity contribution in [2.24, 2.45) is 5.10 Å². The second kappa shape index (κ2) is 6.19.